The Balaban J connectivity index is 2.49. The van der Waals surface area contributed by atoms with Crippen molar-refractivity contribution in [3.8, 4) is 0 Å². The normalized spacial score (nSPS) is 22.8. The number of aliphatic hydroxyl groups is 1. The molecule has 3 N–H and O–H groups in total. The molecule has 94 valence electrons. The Morgan fingerprint density at radius 1 is 1.56 bits per heavy atom. The summed E-state index contributed by atoms with van der Waals surface area (Å²) in [6.45, 7) is 6.34. The lowest BCUT2D eigenvalue weighted by Gasteiger charge is -2.25. The summed E-state index contributed by atoms with van der Waals surface area (Å²) in [5.74, 6) is 0.916. The van der Waals surface area contributed by atoms with Gasteiger partial charge in [0, 0.05) is 26.2 Å². The Hall–Kier alpha value is -0.610. The summed E-state index contributed by atoms with van der Waals surface area (Å²) in [7, 11) is 0. The van der Waals surface area contributed by atoms with Crippen LogP contribution in [-0.2, 0) is 4.79 Å². The topological polar surface area (TPSA) is 66.6 Å². The smallest absolute Gasteiger partial charge is 0.227 e. The number of carbonyl (C=O) groups is 1. The molecule has 2 atom stereocenters. The van der Waals surface area contributed by atoms with Gasteiger partial charge in [0.1, 0.15) is 0 Å². The van der Waals surface area contributed by atoms with Crippen molar-refractivity contribution in [1.29, 1.82) is 0 Å². The van der Waals surface area contributed by atoms with E-state index in [1.54, 1.807) is 0 Å². The number of nitrogens with two attached hydrogens (primary N) is 1. The van der Waals surface area contributed by atoms with E-state index < -0.39 is 0 Å². The van der Waals surface area contributed by atoms with Crippen LogP contribution in [0.4, 0.5) is 0 Å². The Morgan fingerprint density at radius 3 is 2.75 bits per heavy atom. The largest absolute Gasteiger partial charge is 0.396 e. The fourth-order valence-electron chi connectivity index (χ4n) is 2.34. The second kappa shape index (κ2) is 6.21. The highest BCUT2D eigenvalue weighted by Crippen LogP contribution is 2.22. The molecule has 1 amide bonds. The Kier molecular flexibility index (Phi) is 5.22. The minimum atomic E-state index is -0.0483. The number of amides is 1. The van der Waals surface area contributed by atoms with Crippen molar-refractivity contribution in [3.63, 3.8) is 0 Å². The van der Waals surface area contributed by atoms with Gasteiger partial charge >= 0.3 is 0 Å². The molecule has 16 heavy (non-hydrogen) atoms. The molecule has 0 saturated carbocycles. The van der Waals surface area contributed by atoms with Crippen LogP contribution >= 0.6 is 0 Å². The summed E-state index contributed by atoms with van der Waals surface area (Å²) in [5, 5.41) is 8.87. The van der Waals surface area contributed by atoms with E-state index in [2.05, 4.69) is 0 Å². The molecule has 1 fully saturated rings. The van der Waals surface area contributed by atoms with Crippen LogP contribution in [0.3, 0.4) is 0 Å². The number of likely N-dealkylation sites (tertiary alicyclic amines) is 1. The lowest BCUT2D eigenvalue weighted by atomic mass is 9.94. The molecule has 0 aromatic heterocycles. The maximum atomic E-state index is 12.2. The van der Waals surface area contributed by atoms with Crippen molar-refractivity contribution in [1.82, 2.24) is 4.90 Å². The van der Waals surface area contributed by atoms with Crippen molar-refractivity contribution in [2.45, 2.75) is 26.7 Å². The number of aliphatic hydroxyl groups excluding tert-OH is 1. The fourth-order valence-corrected chi connectivity index (χ4v) is 2.34. The number of rotatable bonds is 5. The molecule has 0 aromatic rings. The van der Waals surface area contributed by atoms with Gasteiger partial charge in [0.15, 0.2) is 0 Å². The standard InChI is InChI=1S/C12H24N2O2/c1-9(2)11(7-13)12(16)14-5-3-10(8-14)4-6-15/h9-11,15H,3-8,13H2,1-2H3. The SMILES string of the molecule is CC(C)C(CN)C(=O)N1CCC(CCO)C1. The van der Waals surface area contributed by atoms with E-state index in [9.17, 15) is 4.79 Å². The van der Waals surface area contributed by atoms with E-state index in [1.165, 1.54) is 0 Å². The van der Waals surface area contributed by atoms with Gasteiger partial charge < -0.3 is 15.7 Å². The van der Waals surface area contributed by atoms with Gasteiger partial charge in [-0.1, -0.05) is 13.8 Å². The van der Waals surface area contributed by atoms with Gasteiger partial charge in [0.05, 0.1) is 5.92 Å². The van der Waals surface area contributed by atoms with Crippen LogP contribution in [-0.4, -0.2) is 42.2 Å². The molecule has 0 aliphatic carbocycles. The molecular weight excluding hydrogens is 204 g/mol. The first kappa shape index (κ1) is 13.5. The van der Waals surface area contributed by atoms with Gasteiger partial charge in [0.25, 0.3) is 0 Å². The first-order valence-electron chi connectivity index (χ1n) is 6.19. The average Bonchev–Trinajstić information content (AvgIpc) is 2.67. The van der Waals surface area contributed by atoms with Crippen LogP contribution in [0, 0.1) is 17.8 Å². The summed E-state index contributed by atoms with van der Waals surface area (Å²) in [5.41, 5.74) is 5.65. The first-order valence-corrected chi connectivity index (χ1v) is 6.19. The van der Waals surface area contributed by atoms with Crippen LogP contribution in [0.15, 0.2) is 0 Å². The highest BCUT2D eigenvalue weighted by Gasteiger charge is 2.31. The molecule has 0 bridgehead atoms. The molecule has 0 radical (unpaired) electrons. The van der Waals surface area contributed by atoms with E-state index in [4.69, 9.17) is 10.8 Å². The van der Waals surface area contributed by atoms with Gasteiger partial charge in [-0.3, -0.25) is 4.79 Å². The molecule has 1 rings (SSSR count). The zero-order valence-electron chi connectivity index (χ0n) is 10.4. The number of carbonyl (C=O) groups excluding carboxylic acids is 1. The highest BCUT2D eigenvalue weighted by atomic mass is 16.3. The van der Waals surface area contributed by atoms with Gasteiger partial charge in [-0.05, 0) is 24.7 Å². The van der Waals surface area contributed by atoms with Gasteiger partial charge in [-0.2, -0.15) is 0 Å². The molecule has 0 aromatic carbocycles. The fraction of sp³-hybridized carbons (Fsp3) is 0.917. The lowest BCUT2D eigenvalue weighted by Crippen LogP contribution is -2.40. The number of hydrogen-bond donors (Lipinski definition) is 2. The summed E-state index contributed by atoms with van der Waals surface area (Å²) in [6.07, 6.45) is 1.82. The molecular formula is C12H24N2O2. The maximum absolute atomic E-state index is 12.2. The number of hydrogen-bond acceptors (Lipinski definition) is 3. The van der Waals surface area contributed by atoms with Crippen molar-refractivity contribution in [2.24, 2.45) is 23.5 Å². The zero-order chi connectivity index (χ0) is 12.1. The maximum Gasteiger partial charge on any atom is 0.227 e. The van der Waals surface area contributed by atoms with Crippen molar-refractivity contribution < 1.29 is 9.90 Å². The third-order valence-electron chi connectivity index (χ3n) is 3.51. The van der Waals surface area contributed by atoms with Crippen LogP contribution in [0.2, 0.25) is 0 Å². The van der Waals surface area contributed by atoms with Crippen LogP contribution in [0.5, 0.6) is 0 Å². The van der Waals surface area contributed by atoms with Crippen LogP contribution < -0.4 is 5.73 Å². The molecule has 1 saturated heterocycles. The number of nitrogens with zero attached hydrogens (tertiary/aromatic N) is 1. The Labute approximate surface area is 97.8 Å². The molecule has 4 nitrogen and oxygen atoms in total. The molecule has 4 heteroatoms. The lowest BCUT2D eigenvalue weighted by molar-refractivity contribution is -0.135. The predicted octanol–water partition coefficient (Wildman–Crippen LogP) is 0.448. The van der Waals surface area contributed by atoms with Gasteiger partial charge in [0.2, 0.25) is 5.91 Å². The van der Waals surface area contributed by atoms with Crippen LogP contribution in [0.25, 0.3) is 0 Å². The monoisotopic (exact) mass is 228 g/mol. The van der Waals surface area contributed by atoms with Gasteiger partial charge in [-0.25, -0.2) is 0 Å². The minimum Gasteiger partial charge on any atom is -0.396 e. The quantitative estimate of drug-likeness (QED) is 0.718. The first-order chi connectivity index (χ1) is 7.60. The minimum absolute atomic E-state index is 0.0483. The molecule has 0 spiro atoms. The summed E-state index contributed by atoms with van der Waals surface area (Å²) < 4.78 is 0. The van der Waals surface area contributed by atoms with E-state index in [0.29, 0.717) is 18.4 Å². The van der Waals surface area contributed by atoms with Crippen molar-refractivity contribution >= 4 is 5.91 Å². The van der Waals surface area contributed by atoms with E-state index in [-0.39, 0.29) is 18.4 Å². The summed E-state index contributed by atoms with van der Waals surface area (Å²) >= 11 is 0. The predicted molar refractivity (Wildman–Crippen MR) is 63.8 cm³/mol. The molecule has 1 heterocycles. The average molecular weight is 228 g/mol. The van der Waals surface area contributed by atoms with Crippen molar-refractivity contribution in [3.05, 3.63) is 0 Å². The third-order valence-corrected chi connectivity index (χ3v) is 3.51. The third kappa shape index (κ3) is 3.19. The Bertz CT molecular complexity index is 231. The van der Waals surface area contributed by atoms with E-state index in [0.717, 1.165) is 25.9 Å². The summed E-state index contributed by atoms with van der Waals surface area (Å²) in [4.78, 5) is 14.1. The Morgan fingerprint density at radius 2 is 2.25 bits per heavy atom. The van der Waals surface area contributed by atoms with Gasteiger partial charge in [-0.15, -0.1) is 0 Å². The molecule has 2 unspecified atom stereocenters. The summed E-state index contributed by atoms with van der Waals surface area (Å²) in [6, 6.07) is 0. The van der Waals surface area contributed by atoms with E-state index in [1.807, 2.05) is 18.7 Å². The highest BCUT2D eigenvalue weighted by molar-refractivity contribution is 5.79. The van der Waals surface area contributed by atoms with E-state index >= 15 is 0 Å². The zero-order valence-corrected chi connectivity index (χ0v) is 10.4. The molecule has 1 aliphatic rings. The van der Waals surface area contributed by atoms with Crippen molar-refractivity contribution in [2.75, 3.05) is 26.2 Å². The molecule has 1 aliphatic heterocycles. The second-order valence-electron chi connectivity index (χ2n) is 5.04. The van der Waals surface area contributed by atoms with Crippen LogP contribution in [0.1, 0.15) is 26.7 Å². The second-order valence-corrected chi connectivity index (χ2v) is 5.04.